The molecule has 0 spiro atoms. The molecule has 0 amide bonds. The molecule has 1 aromatic carbocycles. The summed E-state index contributed by atoms with van der Waals surface area (Å²) >= 11 is 3.61. The molecule has 0 aliphatic rings. The van der Waals surface area contributed by atoms with E-state index >= 15 is 0 Å². The second-order valence-corrected chi connectivity index (χ2v) is 4.29. The first-order valence-corrected chi connectivity index (χ1v) is 5.91. The largest absolute Gasteiger partial charge is 0.309 e. The molecule has 15 heavy (non-hydrogen) atoms. The third-order valence-electron chi connectivity index (χ3n) is 2.37. The van der Waals surface area contributed by atoms with Crippen LogP contribution in [-0.4, -0.2) is 6.54 Å². The van der Waals surface area contributed by atoms with Gasteiger partial charge in [-0.25, -0.2) is 0 Å². The summed E-state index contributed by atoms with van der Waals surface area (Å²) in [6, 6.07) is 6.51. The van der Waals surface area contributed by atoms with Crippen LogP contribution >= 0.6 is 15.9 Å². The van der Waals surface area contributed by atoms with Gasteiger partial charge < -0.3 is 5.32 Å². The standard InChI is InChI=1S/C13H16BrN/c1-4-7-12(15-5-2)11-9-6-8-10(3)13(11)14/h1,6,8-9,12,15H,5,7H2,2-3H3. The van der Waals surface area contributed by atoms with Crippen molar-refractivity contribution in [3.63, 3.8) is 0 Å². The van der Waals surface area contributed by atoms with Crippen LogP contribution in [0.4, 0.5) is 0 Å². The fourth-order valence-electron chi connectivity index (χ4n) is 1.60. The normalized spacial score (nSPS) is 12.1. The molecule has 0 aromatic heterocycles. The molecule has 2 heteroatoms. The number of hydrogen-bond acceptors (Lipinski definition) is 1. The molecule has 0 saturated heterocycles. The maximum Gasteiger partial charge on any atom is 0.0442 e. The molecule has 1 unspecified atom stereocenters. The first kappa shape index (κ1) is 12.3. The number of rotatable bonds is 4. The van der Waals surface area contributed by atoms with E-state index < -0.39 is 0 Å². The van der Waals surface area contributed by atoms with Crippen molar-refractivity contribution in [2.45, 2.75) is 26.3 Å². The molecule has 1 N–H and O–H groups in total. The smallest absolute Gasteiger partial charge is 0.0442 e. The molecule has 0 radical (unpaired) electrons. The van der Waals surface area contributed by atoms with Gasteiger partial charge in [0.05, 0.1) is 0 Å². The van der Waals surface area contributed by atoms with Crippen molar-refractivity contribution in [1.82, 2.24) is 5.32 Å². The molecule has 1 aromatic rings. The highest BCUT2D eigenvalue weighted by molar-refractivity contribution is 9.10. The predicted octanol–water partition coefficient (Wildman–Crippen LogP) is 3.43. The van der Waals surface area contributed by atoms with Crippen LogP contribution in [0.5, 0.6) is 0 Å². The number of benzene rings is 1. The Hall–Kier alpha value is -0.780. The Morgan fingerprint density at radius 1 is 1.53 bits per heavy atom. The quantitative estimate of drug-likeness (QED) is 0.823. The average Bonchev–Trinajstić information content (AvgIpc) is 2.22. The molecular formula is C13H16BrN. The van der Waals surface area contributed by atoms with Gasteiger partial charge in [0.25, 0.3) is 0 Å². The first-order valence-electron chi connectivity index (χ1n) is 5.12. The summed E-state index contributed by atoms with van der Waals surface area (Å²) in [5.41, 5.74) is 2.49. The minimum absolute atomic E-state index is 0.245. The Labute approximate surface area is 100 Å². The van der Waals surface area contributed by atoms with Crippen molar-refractivity contribution in [2.24, 2.45) is 0 Å². The zero-order chi connectivity index (χ0) is 11.3. The maximum atomic E-state index is 5.38. The van der Waals surface area contributed by atoms with E-state index in [1.165, 1.54) is 11.1 Å². The Balaban J connectivity index is 3.00. The zero-order valence-corrected chi connectivity index (χ0v) is 10.8. The van der Waals surface area contributed by atoms with Gasteiger partial charge >= 0.3 is 0 Å². The monoisotopic (exact) mass is 265 g/mol. The second kappa shape index (κ2) is 5.95. The number of terminal acetylenes is 1. The highest BCUT2D eigenvalue weighted by Crippen LogP contribution is 2.28. The Morgan fingerprint density at radius 3 is 2.87 bits per heavy atom. The van der Waals surface area contributed by atoms with Gasteiger partial charge in [-0.1, -0.05) is 41.1 Å². The Bertz CT molecular complexity index is 365. The van der Waals surface area contributed by atoms with Crippen molar-refractivity contribution in [3.05, 3.63) is 33.8 Å². The fourth-order valence-corrected chi connectivity index (χ4v) is 2.14. The van der Waals surface area contributed by atoms with E-state index in [1.807, 2.05) is 0 Å². The van der Waals surface area contributed by atoms with Crippen LogP contribution < -0.4 is 5.32 Å². The van der Waals surface area contributed by atoms with Crippen LogP contribution in [0, 0.1) is 19.3 Å². The average molecular weight is 266 g/mol. The lowest BCUT2D eigenvalue weighted by atomic mass is 10.0. The second-order valence-electron chi connectivity index (χ2n) is 3.50. The predicted molar refractivity (Wildman–Crippen MR) is 68.7 cm³/mol. The van der Waals surface area contributed by atoms with Crippen LogP contribution in [0.15, 0.2) is 22.7 Å². The van der Waals surface area contributed by atoms with Crippen LogP contribution in [0.1, 0.15) is 30.5 Å². The van der Waals surface area contributed by atoms with Crippen LogP contribution in [0.2, 0.25) is 0 Å². The Morgan fingerprint density at radius 2 is 2.27 bits per heavy atom. The van der Waals surface area contributed by atoms with Crippen molar-refractivity contribution in [3.8, 4) is 12.3 Å². The van der Waals surface area contributed by atoms with Gasteiger partial charge in [-0.2, -0.15) is 0 Å². The number of halogens is 1. The topological polar surface area (TPSA) is 12.0 Å². The van der Waals surface area contributed by atoms with Crippen molar-refractivity contribution >= 4 is 15.9 Å². The molecular weight excluding hydrogens is 250 g/mol. The lowest BCUT2D eigenvalue weighted by Gasteiger charge is -2.18. The zero-order valence-electron chi connectivity index (χ0n) is 9.18. The van der Waals surface area contributed by atoms with E-state index in [-0.39, 0.29) is 6.04 Å². The van der Waals surface area contributed by atoms with Crippen molar-refractivity contribution < 1.29 is 0 Å². The van der Waals surface area contributed by atoms with Gasteiger partial charge in [0, 0.05) is 16.9 Å². The highest BCUT2D eigenvalue weighted by atomic mass is 79.9. The summed E-state index contributed by atoms with van der Waals surface area (Å²) in [6.07, 6.45) is 6.10. The summed E-state index contributed by atoms with van der Waals surface area (Å²) in [4.78, 5) is 0. The molecule has 0 bridgehead atoms. The SMILES string of the molecule is C#CCC(NCC)c1cccc(C)c1Br. The van der Waals surface area contributed by atoms with Gasteiger partial charge in [-0.15, -0.1) is 12.3 Å². The molecule has 0 saturated carbocycles. The number of nitrogens with one attached hydrogen (secondary N) is 1. The lowest BCUT2D eigenvalue weighted by molar-refractivity contribution is 0.563. The summed E-state index contributed by atoms with van der Waals surface area (Å²) in [5.74, 6) is 2.71. The number of hydrogen-bond donors (Lipinski definition) is 1. The van der Waals surface area contributed by atoms with Crippen molar-refractivity contribution in [2.75, 3.05) is 6.54 Å². The highest BCUT2D eigenvalue weighted by Gasteiger charge is 2.12. The van der Waals surface area contributed by atoms with Crippen molar-refractivity contribution in [1.29, 1.82) is 0 Å². The maximum absolute atomic E-state index is 5.38. The van der Waals surface area contributed by atoms with Crippen LogP contribution in [0.3, 0.4) is 0 Å². The van der Waals surface area contributed by atoms with E-state index in [9.17, 15) is 0 Å². The molecule has 80 valence electrons. The third-order valence-corrected chi connectivity index (χ3v) is 3.45. The van der Waals surface area contributed by atoms with Gasteiger partial charge in [-0.3, -0.25) is 0 Å². The minimum Gasteiger partial charge on any atom is -0.309 e. The summed E-state index contributed by atoms with van der Waals surface area (Å²) < 4.78 is 1.16. The van der Waals surface area contributed by atoms with E-state index in [0.29, 0.717) is 0 Å². The Kier molecular flexibility index (Phi) is 4.87. The fraction of sp³-hybridized carbons (Fsp3) is 0.385. The summed E-state index contributed by atoms with van der Waals surface area (Å²) in [7, 11) is 0. The van der Waals surface area contributed by atoms with Crippen LogP contribution in [-0.2, 0) is 0 Å². The first-order chi connectivity index (χ1) is 7.20. The molecule has 0 heterocycles. The lowest BCUT2D eigenvalue weighted by Crippen LogP contribution is -2.21. The molecule has 0 fully saturated rings. The van der Waals surface area contributed by atoms with Gasteiger partial charge in [0.1, 0.15) is 0 Å². The third kappa shape index (κ3) is 3.09. The summed E-state index contributed by atoms with van der Waals surface area (Å²) in [5, 5.41) is 3.40. The van der Waals surface area contributed by atoms with E-state index in [1.54, 1.807) is 0 Å². The summed E-state index contributed by atoms with van der Waals surface area (Å²) in [6.45, 7) is 5.10. The minimum atomic E-state index is 0.245. The van der Waals surface area contributed by atoms with Gasteiger partial charge in [0.15, 0.2) is 0 Å². The van der Waals surface area contributed by atoms with E-state index in [2.05, 4.69) is 59.2 Å². The van der Waals surface area contributed by atoms with Gasteiger partial charge in [-0.05, 0) is 24.6 Å². The number of aryl methyl sites for hydroxylation is 1. The van der Waals surface area contributed by atoms with Crippen LogP contribution in [0.25, 0.3) is 0 Å². The van der Waals surface area contributed by atoms with E-state index in [4.69, 9.17) is 6.42 Å². The molecule has 1 nitrogen and oxygen atoms in total. The molecule has 0 aliphatic carbocycles. The molecule has 1 atom stereocenters. The van der Waals surface area contributed by atoms with Gasteiger partial charge in [0.2, 0.25) is 0 Å². The van der Waals surface area contributed by atoms with E-state index in [0.717, 1.165) is 17.4 Å². The molecule has 1 rings (SSSR count). The molecule has 0 aliphatic heterocycles.